The number of sulfonamides is 1. The Bertz CT molecular complexity index is 933. The van der Waals surface area contributed by atoms with Crippen molar-refractivity contribution in [1.82, 2.24) is 9.62 Å². The molecule has 0 radical (unpaired) electrons. The molecule has 0 bridgehead atoms. The number of halogens is 3. The van der Waals surface area contributed by atoms with E-state index >= 15 is 0 Å². The quantitative estimate of drug-likeness (QED) is 0.841. The smallest absolute Gasteiger partial charge is 0.259 e. The maximum absolute atomic E-state index is 15.0. The number of alkyl halides is 1. The number of amides is 1. The van der Waals surface area contributed by atoms with Crippen molar-refractivity contribution in [2.45, 2.75) is 23.5 Å². The summed E-state index contributed by atoms with van der Waals surface area (Å²) in [6.45, 7) is -0.878. The Morgan fingerprint density at radius 2 is 1.74 bits per heavy atom. The molecule has 1 unspecified atom stereocenters. The van der Waals surface area contributed by atoms with Crippen molar-refractivity contribution in [3.05, 3.63) is 65.7 Å². The Hall–Kier alpha value is -2.39. The van der Waals surface area contributed by atoms with Gasteiger partial charge < -0.3 is 5.32 Å². The summed E-state index contributed by atoms with van der Waals surface area (Å²) in [5, 5.41) is 2.46. The van der Waals surface area contributed by atoms with Gasteiger partial charge in [-0.1, -0.05) is 30.3 Å². The van der Waals surface area contributed by atoms with E-state index in [1.807, 2.05) is 0 Å². The van der Waals surface area contributed by atoms with Gasteiger partial charge in [0.2, 0.25) is 15.7 Å². The summed E-state index contributed by atoms with van der Waals surface area (Å²) >= 11 is 0. The third kappa shape index (κ3) is 4.14. The number of hydrogen-bond donors (Lipinski definition) is 1. The van der Waals surface area contributed by atoms with Gasteiger partial charge >= 0.3 is 0 Å². The summed E-state index contributed by atoms with van der Waals surface area (Å²) in [6.07, 6.45) is -0.343. The normalized spacial score (nSPS) is 20.6. The third-order valence-corrected chi connectivity index (χ3v) is 6.18. The lowest BCUT2D eigenvalue weighted by atomic mass is 10.0. The Labute approximate surface area is 154 Å². The zero-order valence-electron chi connectivity index (χ0n) is 14.2. The fourth-order valence-corrected chi connectivity index (χ4v) is 4.42. The maximum Gasteiger partial charge on any atom is 0.259 e. The van der Waals surface area contributed by atoms with Crippen molar-refractivity contribution in [3.63, 3.8) is 0 Å². The number of carbonyl (C=O) groups is 1. The van der Waals surface area contributed by atoms with E-state index in [1.54, 1.807) is 30.3 Å². The van der Waals surface area contributed by atoms with Gasteiger partial charge in [-0.05, 0) is 17.7 Å². The standard InChI is InChI=1S/C18H17F3N2O3S/c19-14-8-15(20)10-16(9-14)27(25,26)23-7-6-18(21,12-23)17(24)22-11-13-4-2-1-3-5-13/h1-5,8-10H,6-7,11-12H2,(H,22,24). The van der Waals surface area contributed by atoms with E-state index < -0.39 is 44.7 Å². The van der Waals surface area contributed by atoms with E-state index in [-0.39, 0.29) is 19.5 Å². The lowest BCUT2D eigenvalue weighted by Gasteiger charge is -2.20. The van der Waals surface area contributed by atoms with Gasteiger partial charge in [0.05, 0.1) is 11.4 Å². The number of nitrogens with zero attached hydrogens (tertiary/aromatic N) is 1. The lowest BCUT2D eigenvalue weighted by Crippen LogP contribution is -2.45. The van der Waals surface area contributed by atoms with Crippen molar-refractivity contribution in [3.8, 4) is 0 Å². The number of benzene rings is 2. The summed E-state index contributed by atoms with van der Waals surface area (Å²) in [6, 6.07) is 10.7. The average Bonchev–Trinajstić information content (AvgIpc) is 3.04. The Morgan fingerprint density at radius 1 is 1.11 bits per heavy atom. The first-order chi connectivity index (χ1) is 12.7. The second-order valence-electron chi connectivity index (χ2n) is 6.33. The molecule has 1 fully saturated rings. The van der Waals surface area contributed by atoms with Crippen LogP contribution in [0.4, 0.5) is 13.2 Å². The minimum absolute atomic E-state index is 0.104. The molecule has 27 heavy (non-hydrogen) atoms. The lowest BCUT2D eigenvalue weighted by molar-refractivity contribution is -0.132. The highest BCUT2D eigenvalue weighted by Gasteiger charge is 2.48. The summed E-state index contributed by atoms with van der Waals surface area (Å²) in [4.78, 5) is 11.6. The molecule has 1 aliphatic rings. The first kappa shape index (κ1) is 19.4. The van der Waals surface area contributed by atoms with Crippen LogP contribution in [-0.4, -0.2) is 37.4 Å². The number of hydrogen-bond acceptors (Lipinski definition) is 3. The van der Waals surface area contributed by atoms with Crippen LogP contribution in [0.3, 0.4) is 0 Å². The zero-order valence-corrected chi connectivity index (χ0v) is 15.0. The Kier molecular flexibility index (Phi) is 5.25. The Balaban J connectivity index is 1.71. The van der Waals surface area contributed by atoms with E-state index in [9.17, 15) is 26.4 Å². The first-order valence-electron chi connectivity index (χ1n) is 8.18. The summed E-state index contributed by atoms with van der Waals surface area (Å²) < 4.78 is 67.4. The van der Waals surface area contributed by atoms with E-state index in [4.69, 9.17) is 0 Å². The average molecular weight is 398 g/mol. The van der Waals surface area contributed by atoms with Crippen LogP contribution in [0.15, 0.2) is 53.4 Å². The van der Waals surface area contributed by atoms with Crippen LogP contribution in [0.2, 0.25) is 0 Å². The third-order valence-electron chi connectivity index (χ3n) is 4.36. The van der Waals surface area contributed by atoms with Gasteiger partial charge in [-0.2, -0.15) is 4.31 Å². The molecule has 1 aliphatic heterocycles. The predicted molar refractivity (Wildman–Crippen MR) is 91.9 cm³/mol. The van der Waals surface area contributed by atoms with Gasteiger partial charge in [-0.25, -0.2) is 21.6 Å². The molecule has 0 spiro atoms. The highest BCUT2D eigenvalue weighted by Crippen LogP contribution is 2.31. The molecule has 1 saturated heterocycles. The highest BCUT2D eigenvalue weighted by molar-refractivity contribution is 7.89. The molecule has 9 heteroatoms. The molecule has 0 aliphatic carbocycles. The minimum atomic E-state index is -4.32. The van der Waals surface area contributed by atoms with Crippen molar-refractivity contribution in [2.24, 2.45) is 0 Å². The molecule has 1 heterocycles. The molecule has 1 N–H and O–H groups in total. The maximum atomic E-state index is 15.0. The second-order valence-corrected chi connectivity index (χ2v) is 8.27. The molecular weight excluding hydrogens is 381 g/mol. The van der Waals surface area contributed by atoms with Gasteiger partial charge in [0.25, 0.3) is 5.91 Å². The van der Waals surface area contributed by atoms with Crippen LogP contribution >= 0.6 is 0 Å². The molecule has 1 amide bonds. The van der Waals surface area contributed by atoms with Crippen molar-refractivity contribution >= 4 is 15.9 Å². The largest absolute Gasteiger partial charge is 0.349 e. The number of carbonyl (C=O) groups excluding carboxylic acids is 1. The molecule has 144 valence electrons. The molecule has 0 saturated carbocycles. The van der Waals surface area contributed by atoms with Crippen LogP contribution in [0.5, 0.6) is 0 Å². The molecule has 1 atom stereocenters. The summed E-state index contributed by atoms with van der Waals surface area (Å²) in [5.41, 5.74) is -1.64. The SMILES string of the molecule is O=C(NCc1ccccc1)C1(F)CCN(S(=O)(=O)c2cc(F)cc(F)c2)C1. The van der Waals surface area contributed by atoms with E-state index in [0.29, 0.717) is 18.2 Å². The van der Waals surface area contributed by atoms with Gasteiger partial charge in [0.1, 0.15) is 11.6 Å². The van der Waals surface area contributed by atoms with E-state index in [2.05, 4.69) is 5.32 Å². The Morgan fingerprint density at radius 3 is 2.37 bits per heavy atom. The van der Waals surface area contributed by atoms with Crippen molar-refractivity contribution in [2.75, 3.05) is 13.1 Å². The number of rotatable bonds is 5. The first-order valence-corrected chi connectivity index (χ1v) is 9.62. The second kappa shape index (κ2) is 7.32. The predicted octanol–water partition coefficient (Wildman–Crippen LogP) is 2.38. The van der Waals surface area contributed by atoms with Crippen LogP contribution in [0.25, 0.3) is 0 Å². The summed E-state index contributed by atoms with van der Waals surface area (Å²) in [5.74, 6) is -3.03. The molecule has 3 rings (SSSR count). The molecule has 5 nitrogen and oxygen atoms in total. The number of nitrogens with one attached hydrogen (secondary N) is 1. The van der Waals surface area contributed by atoms with Gasteiger partial charge in [0.15, 0.2) is 0 Å². The fraction of sp³-hybridized carbons (Fsp3) is 0.278. The minimum Gasteiger partial charge on any atom is -0.349 e. The van der Waals surface area contributed by atoms with E-state index in [1.165, 1.54) is 0 Å². The van der Waals surface area contributed by atoms with Crippen LogP contribution < -0.4 is 5.32 Å². The van der Waals surface area contributed by atoms with Crippen LogP contribution in [-0.2, 0) is 21.4 Å². The molecular formula is C18H17F3N2O3S. The zero-order chi connectivity index (χ0) is 19.7. The van der Waals surface area contributed by atoms with Crippen molar-refractivity contribution < 1.29 is 26.4 Å². The summed E-state index contributed by atoms with van der Waals surface area (Å²) in [7, 11) is -4.32. The van der Waals surface area contributed by atoms with Crippen LogP contribution in [0, 0.1) is 11.6 Å². The van der Waals surface area contributed by atoms with Gasteiger partial charge in [-0.3, -0.25) is 4.79 Å². The van der Waals surface area contributed by atoms with Gasteiger partial charge in [0, 0.05) is 25.6 Å². The molecule has 2 aromatic carbocycles. The van der Waals surface area contributed by atoms with Gasteiger partial charge in [-0.15, -0.1) is 0 Å². The van der Waals surface area contributed by atoms with Crippen molar-refractivity contribution in [1.29, 1.82) is 0 Å². The van der Waals surface area contributed by atoms with Crippen LogP contribution in [0.1, 0.15) is 12.0 Å². The topological polar surface area (TPSA) is 66.5 Å². The molecule has 0 aromatic heterocycles. The highest BCUT2D eigenvalue weighted by atomic mass is 32.2. The fourth-order valence-electron chi connectivity index (χ4n) is 2.89. The van der Waals surface area contributed by atoms with E-state index in [0.717, 1.165) is 9.87 Å². The molecule has 2 aromatic rings. The monoisotopic (exact) mass is 398 g/mol.